The van der Waals surface area contributed by atoms with E-state index >= 15 is 0 Å². The summed E-state index contributed by atoms with van der Waals surface area (Å²) in [6.45, 7) is 6.41. The monoisotopic (exact) mass is 571 g/mol. The van der Waals surface area contributed by atoms with E-state index in [1.165, 1.54) is 20.8 Å². The maximum absolute atomic E-state index is 14.3. The number of hydrogen-bond donors (Lipinski definition) is 3. The van der Waals surface area contributed by atoms with Gasteiger partial charge in [0.1, 0.15) is 35.8 Å². The van der Waals surface area contributed by atoms with Gasteiger partial charge in [-0.1, -0.05) is 25.1 Å². The number of benzene rings is 1. The van der Waals surface area contributed by atoms with Crippen molar-refractivity contribution in [3.05, 3.63) is 63.4 Å². The Bertz CT molecular complexity index is 1320. The molecule has 1 aromatic heterocycles. The summed E-state index contributed by atoms with van der Waals surface area (Å²) in [6, 6.07) is 9.15. The third-order valence-corrected chi connectivity index (χ3v) is 8.44. The summed E-state index contributed by atoms with van der Waals surface area (Å²) < 4.78 is 52.2. The van der Waals surface area contributed by atoms with Crippen molar-refractivity contribution in [2.75, 3.05) is 12.8 Å². The number of aliphatic hydroxyl groups is 1. The molecule has 1 aliphatic heterocycles. The highest BCUT2D eigenvalue weighted by Crippen LogP contribution is 2.55. The summed E-state index contributed by atoms with van der Waals surface area (Å²) in [5.41, 5.74) is 0.788. The highest BCUT2D eigenvalue weighted by atomic mass is 31.2. The van der Waals surface area contributed by atoms with Gasteiger partial charge >= 0.3 is 19.3 Å². The van der Waals surface area contributed by atoms with Gasteiger partial charge in [-0.15, -0.1) is 0 Å². The Morgan fingerprint density at radius 3 is 2.46 bits per heavy atom. The summed E-state index contributed by atoms with van der Waals surface area (Å²) in [7, 11) is -4.20. The van der Waals surface area contributed by atoms with Gasteiger partial charge in [0.2, 0.25) is 0 Å². The molecule has 6 atom stereocenters. The molecule has 14 heteroatoms. The summed E-state index contributed by atoms with van der Waals surface area (Å²) in [6.07, 6.45) is -4.45. The first-order valence-electron chi connectivity index (χ1n) is 12.4. The molecular formula is C25H35FN3O9P. The van der Waals surface area contributed by atoms with E-state index in [4.69, 9.17) is 24.3 Å². The molecule has 0 bridgehead atoms. The normalized spacial score (nSPS) is 25.7. The van der Waals surface area contributed by atoms with E-state index in [2.05, 4.69) is 0 Å². The van der Waals surface area contributed by atoms with E-state index in [1.807, 2.05) is 4.98 Å². The van der Waals surface area contributed by atoms with Crippen LogP contribution in [0.4, 0.5) is 4.39 Å². The van der Waals surface area contributed by atoms with Crippen LogP contribution in [0.1, 0.15) is 40.8 Å². The predicted octanol–water partition coefficient (Wildman–Crippen LogP) is 2.12. The zero-order valence-corrected chi connectivity index (χ0v) is 23.3. The fourth-order valence-corrected chi connectivity index (χ4v) is 6.57. The number of aliphatic hydroxyl groups excluding tert-OH is 1. The van der Waals surface area contributed by atoms with Gasteiger partial charge in [-0.05, 0) is 39.8 Å². The molecule has 4 N–H and O–H groups in total. The average Bonchev–Trinajstić information content (AvgIpc) is 3.10. The molecule has 2 aromatic rings. The maximum atomic E-state index is 14.3. The van der Waals surface area contributed by atoms with Crippen LogP contribution in [0.2, 0.25) is 0 Å². The number of nitrogens with one attached hydrogen (secondary N) is 1. The minimum Gasteiger partial charge on any atom is -0.463 e. The number of esters is 1. The minimum absolute atomic E-state index is 0.198. The Morgan fingerprint density at radius 2 is 1.90 bits per heavy atom. The Hall–Kier alpha value is -2.83. The van der Waals surface area contributed by atoms with E-state index in [-0.39, 0.29) is 11.9 Å². The molecule has 3 rings (SSSR count). The van der Waals surface area contributed by atoms with Crippen molar-refractivity contribution in [3.63, 3.8) is 0 Å². The number of alkyl halides is 1. The molecule has 39 heavy (non-hydrogen) atoms. The summed E-state index contributed by atoms with van der Waals surface area (Å²) in [5, 5.41) is 11.1. The Morgan fingerprint density at radius 1 is 1.26 bits per heavy atom. The fraction of sp³-hybridized carbons (Fsp3) is 0.560. The Balaban J connectivity index is 1.96. The molecule has 1 saturated heterocycles. The zero-order valence-electron chi connectivity index (χ0n) is 22.4. The third-order valence-electron chi connectivity index (χ3n) is 6.21. The molecule has 1 aromatic carbocycles. The van der Waals surface area contributed by atoms with Crippen LogP contribution in [0, 0.1) is 5.92 Å². The van der Waals surface area contributed by atoms with Crippen molar-refractivity contribution < 1.29 is 37.4 Å². The maximum Gasteiger partial charge on any atom is 0.380 e. The summed E-state index contributed by atoms with van der Waals surface area (Å²) in [5.74, 6) is -1.32. The van der Waals surface area contributed by atoms with Crippen molar-refractivity contribution in [3.8, 4) is 5.75 Å². The predicted molar refractivity (Wildman–Crippen MR) is 139 cm³/mol. The standard InChI is InChI=1S/C25H35FN3O9P/c1-15(2)35-21(32)16(3)13-39(34,37-17-9-7-6-8-10-17)38-24(4,5)20-19(31)25(27,14-26)22(36-20)29-12-11-18(30)28-23(29)33/h6-12,15-16,19-20,22,31H,13-14,27H2,1-5H3,(H,28,30,33)/t16-,19+,20+,22-,25?,39-/m1/s1. The molecule has 0 spiro atoms. The van der Waals surface area contributed by atoms with Gasteiger partial charge in [-0.2, -0.15) is 0 Å². The van der Waals surface area contributed by atoms with E-state index in [0.717, 1.165) is 16.8 Å². The largest absolute Gasteiger partial charge is 0.463 e. The summed E-state index contributed by atoms with van der Waals surface area (Å²) >= 11 is 0. The lowest BCUT2D eigenvalue weighted by Gasteiger charge is -2.37. The smallest absolute Gasteiger partial charge is 0.380 e. The number of para-hydroxylation sites is 1. The molecule has 2 heterocycles. The van der Waals surface area contributed by atoms with Gasteiger partial charge < -0.3 is 24.8 Å². The van der Waals surface area contributed by atoms with Gasteiger partial charge in [-0.3, -0.25) is 23.7 Å². The first-order valence-corrected chi connectivity index (χ1v) is 14.1. The first kappa shape index (κ1) is 30.7. The molecule has 0 amide bonds. The van der Waals surface area contributed by atoms with E-state index in [9.17, 15) is 28.4 Å². The molecule has 1 fully saturated rings. The molecule has 216 valence electrons. The molecule has 1 aliphatic rings. The SMILES string of the molecule is CC(C)OC(=O)[C@H](C)C[P@@](=O)(Oc1ccccc1)OC(C)(C)[C@H]1O[C@@H](n2ccc(=O)[nH]c2=O)C(N)(CF)[C@H]1O. The number of aromatic nitrogens is 2. The van der Waals surface area contributed by atoms with Crippen LogP contribution >= 0.6 is 7.60 Å². The fourth-order valence-electron chi connectivity index (χ4n) is 4.30. The molecule has 12 nitrogen and oxygen atoms in total. The van der Waals surface area contributed by atoms with Crippen LogP contribution in [0.5, 0.6) is 5.75 Å². The molecular weight excluding hydrogens is 536 g/mol. The van der Waals surface area contributed by atoms with Crippen molar-refractivity contribution in [1.29, 1.82) is 0 Å². The molecule has 0 saturated carbocycles. The van der Waals surface area contributed by atoms with Crippen LogP contribution in [0.25, 0.3) is 0 Å². The lowest BCUT2D eigenvalue weighted by atomic mass is 9.86. The van der Waals surface area contributed by atoms with Crippen molar-refractivity contribution in [1.82, 2.24) is 9.55 Å². The van der Waals surface area contributed by atoms with Crippen molar-refractivity contribution in [2.45, 2.75) is 70.3 Å². The van der Waals surface area contributed by atoms with Gasteiger partial charge in [0.05, 0.1) is 18.2 Å². The van der Waals surface area contributed by atoms with E-state index in [0.29, 0.717) is 0 Å². The molecule has 1 unspecified atom stereocenters. The second-order valence-corrected chi connectivity index (χ2v) is 12.3. The van der Waals surface area contributed by atoms with Crippen LogP contribution < -0.4 is 21.5 Å². The molecule has 0 aliphatic carbocycles. The Kier molecular flexibility index (Phi) is 9.24. The second kappa shape index (κ2) is 11.7. The van der Waals surface area contributed by atoms with Crippen LogP contribution in [-0.2, 0) is 23.4 Å². The van der Waals surface area contributed by atoms with Crippen LogP contribution in [0.3, 0.4) is 0 Å². The number of H-pyrrole nitrogens is 1. The number of halogens is 1. The second-order valence-electron chi connectivity index (χ2n) is 10.4. The number of carbonyl (C=O) groups is 1. The minimum atomic E-state index is -4.20. The van der Waals surface area contributed by atoms with Gasteiger partial charge in [-0.25, -0.2) is 13.8 Å². The number of carbonyl (C=O) groups excluding carboxylic acids is 1. The number of hydrogen-bond acceptors (Lipinski definition) is 10. The summed E-state index contributed by atoms with van der Waals surface area (Å²) in [4.78, 5) is 38.5. The lowest BCUT2D eigenvalue weighted by molar-refractivity contribution is -0.151. The van der Waals surface area contributed by atoms with Gasteiger partial charge in [0.15, 0.2) is 6.23 Å². The van der Waals surface area contributed by atoms with Crippen LogP contribution in [0.15, 0.2) is 52.2 Å². The highest BCUT2D eigenvalue weighted by molar-refractivity contribution is 7.54. The average molecular weight is 572 g/mol. The van der Waals surface area contributed by atoms with Crippen molar-refractivity contribution >= 4 is 13.6 Å². The first-order chi connectivity index (χ1) is 18.1. The molecule has 0 radical (unpaired) electrons. The number of rotatable bonds is 11. The lowest BCUT2D eigenvalue weighted by Crippen LogP contribution is -2.59. The number of aromatic amines is 1. The van der Waals surface area contributed by atoms with E-state index < -0.39 is 73.1 Å². The van der Waals surface area contributed by atoms with Gasteiger partial charge in [0.25, 0.3) is 5.56 Å². The number of nitrogens with zero attached hydrogens (tertiary/aromatic N) is 1. The van der Waals surface area contributed by atoms with Crippen LogP contribution in [-0.4, -0.2) is 62.9 Å². The van der Waals surface area contributed by atoms with E-state index in [1.54, 1.807) is 44.2 Å². The topological polar surface area (TPSA) is 172 Å². The number of ether oxygens (including phenoxy) is 2. The zero-order chi connectivity index (χ0) is 29.2. The Labute approximate surface area is 224 Å². The number of nitrogens with two attached hydrogens (primary N) is 1. The van der Waals surface area contributed by atoms with Gasteiger partial charge in [0, 0.05) is 12.3 Å². The highest BCUT2D eigenvalue weighted by Gasteiger charge is 2.61. The quantitative estimate of drug-likeness (QED) is 0.268. The van der Waals surface area contributed by atoms with Crippen molar-refractivity contribution in [2.24, 2.45) is 11.7 Å². The third kappa shape index (κ3) is 6.85.